The molecule has 0 unspecified atom stereocenters. The molecule has 4 rings (SSSR count). The summed E-state index contributed by atoms with van der Waals surface area (Å²) in [5.74, 6) is -0.236. The average molecular weight is 459 g/mol. The first-order chi connectivity index (χ1) is 15.9. The molecule has 2 fully saturated rings. The van der Waals surface area contributed by atoms with Crippen LogP contribution in [0.25, 0.3) is 0 Å². The first-order valence-electron chi connectivity index (χ1n) is 12.0. The van der Waals surface area contributed by atoms with Gasteiger partial charge < -0.3 is 35.5 Å². The smallest absolute Gasteiger partial charge is 0.523 e. The number of likely N-dealkylation sites (tertiary alicyclic amines) is 1. The zero-order chi connectivity index (χ0) is 23.5. The van der Waals surface area contributed by atoms with Crippen molar-refractivity contribution in [2.75, 3.05) is 26.2 Å². The van der Waals surface area contributed by atoms with Crippen molar-refractivity contribution in [3.63, 3.8) is 0 Å². The summed E-state index contributed by atoms with van der Waals surface area (Å²) < 4.78 is 11.4. The summed E-state index contributed by atoms with van der Waals surface area (Å²) in [7, 11) is -1.04. The predicted molar refractivity (Wildman–Crippen MR) is 124 cm³/mol. The van der Waals surface area contributed by atoms with Gasteiger partial charge in [-0.25, -0.2) is 4.79 Å². The van der Waals surface area contributed by atoms with E-state index in [4.69, 9.17) is 15.1 Å². The number of nitrogens with zero attached hydrogens (tertiary/aromatic N) is 1. The summed E-state index contributed by atoms with van der Waals surface area (Å²) in [6.45, 7) is 4.30. The Balaban J connectivity index is 1.29. The van der Waals surface area contributed by atoms with Crippen LogP contribution in [0.1, 0.15) is 60.9 Å². The summed E-state index contributed by atoms with van der Waals surface area (Å²) in [5.41, 5.74) is 6.24. The number of rotatable bonds is 8. The molecule has 0 spiro atoms. The van der Waals surface area contributed by atoms with Crippen LogP contribution >= 0.6 is 0 Å². The highest BCUT2D eigenvalue weighted by atomic mass is 16.5. The number of benzene rings is 1. The van der Waals surface area contributed by atoms with Crippen LogP contribution in [0, 0.1) is 5.92 Å². The minimum Gasteiger partial charge on any atom is -0.535 e. The summed E-state index contributed by atoms with van der Waals surface area (Å²) in [4.78, 5) is 26.4. The lowest BCUT2D eigenvalue weighted by atomic mass is 9.72. The molecule has 2 aliphatic heterocycles. The third kappa shape index (κ3) is 5.45. The predicted octanol–water partition coefficient (Wildman–Crippen LogP) is 1.45. The van der Waals surface area contributed by atoms with E-state index in [0.29, 0.717) is 44.3 Å². The van der Waals surface area contributed by atoms with E-state index in [1.807, 2.05) is 6.92 Å². The van der Waals surface area contributed by atoms with Gasteiger partial charge in [0.15, 0.2) is 0 Å². The van der Waals surface area contributed by atoms with Crippen LogP contribution in [0.3, 0.4) is 0 Å². The molecule has 1 atom stereocenters. The fourth-order valence-corrected chi connectivity index (χ4v) is 5.14. The Kier molecular flexibility index (Phi) is 7.46. The van der Waals surface area contributed by atoms with Gasteiger partial charge in [-0.05, 0) is 49.1 Å². The van der Waals surface area contributed by atoms with E-state index in [0.717, 1.165) is 37.8 Å². The first kappa shape index (κ1) is 23.8. The molecular formula is C23H34BN3O6. The Labute approximate surface area is 194 Å². The molecule has 180 valence electrons. The summed E-state index contributed by atoms with van der Waals surface area (Å²) >= 11 is 0. The number of carbonyl (C=O) groups is 2. The van der Waals surface area contributed by atoms with E-state index in [9.17, 15) is 19.7 Å². The van der Waals surface area contributed by atoms with E-state index < -0.39 is 13.1 Å². The number of nitrogens with one attached hydrogen (secondary N) is 1. The van der Waals surface area contributed by atoms with Crippen molar-refractivity contribution in [3.8, 4) is 11.5 Å². The molecule has 0 radical (unpaired) electrons. The molecule has 1 saturated heterocycles. The molecule has 33 heavy (non-hydrogen) atoms. The van der Waals surface area contributed by atoms with Crippen molar-refractivity contribution in [3.05, 3.63) is 23.3 Å². The van der Waals surface area contributed by atoms with Crippen molar-refractivity contribution in [1.82, 2.24) is 10.2 Å². The normalized spacial score (nSPS) is 25.1. The van der Waals surface area contributed by atoms with Crippen molar-refractivity contribution in [2.24, 2.45) is 11.7 Å². The van der Waals surface area contributed by atoms with Crippen LogP contribution in [0.5, 0.6) is 11.5 Å². The van der Waals surface area contributed by atoms with Gasteiger partial charge >= 0.3 is 13.1 Å². The molecule has 1 aliphatic carbocycles. The monoisotopic (exact) mass is 459 g/mol. The summed E-state index contributed by atoms with van der Waals surface area (Å²) in [6.07, 6.45) is 4.96. The fourth-order valence-electron chi connectivity index (χ4n) is 5.14. The van der Waals surface area contributed by atoms with Crippen LogP contribution in [0.4, 0.5) is 0 Å². The molecule has 3 aliphatic rings. The van der Waals surface area contributed by atoms with E-state index in [1.165, 1.54) is 0 Å². The molecule has 10 heteroatoms. The number of hydrogen-bond acceptors (Lipinski definition) is 7. The number of carbonyl (C=O) groups excluding carboxylic acids is 1. The summed E-state index contributed by atoms with van der Waals surface area (Å²) in [5, 5.41) is 23.2. The van der Waals surface area contributed by atoms with Crippen LogP contribution in [-0.2, 0) is 4.79 Å². The van der Waals surface area contributed by atoms with Crippen molar-refractivity contribution in [1.29, 1.82) is 0 Å². The maximum absolute atomic E-state index is 12.7. The zero-order valence-corrected chi connectivity index (χ0v) is 19.2. The quantitative estimate of drug-likeness (QED) is 0.429. The lowest BCUT2D eigenvalue weighted by Gasteiger charge is -2.40. The van der Waals surface area contributed by atoms with Crippen molar-refractivity contribution in [2.45, 2.75) is 63.4 Å². The highest BCUT2D eigenvalue weighted by molar-refractivity contribution is 6.44. The number of amides is 1. The van der Waals surface area contributed by atoms with Gasteiger partial charge in [-0.2, -0.15) is 0 Å². The molecule has 0 bridgehead atoms. The highest BCUT2D eigenvalue weighted by Crippen LogP contribution is 2.42. The number of nitrogens with two attached hydrogens (primary N) is 1. The molecule has 2 heterocycles. The zero-order valence-electron chi connectivity index (χ0n) is 19.2. The molecule has 5 N–H and O–H groups in total. The minimum atomic E-state index is -1.16. The topological polar surface area (TPSA) is 134 Å². The van der Waals surface area contributed by atoms with Gasteiger partial charge in [0.2, 0.25) is 5.91 Å². The molecule has 0 aromatic heterocycles. The number of carboxylic acid groups (broad SMARTS) is 1. The second-order valence-electron chi connectivity index (χ2n) is 9.57. The standard InChI is InChI=1S/C23H34BN3O6/c1-14-11-24(31)33-22-18(14)6-7-19(21(22)23(29)30)32-17-12-27(13-17)20(28)10-15-2-4-16(5-3-15)26-9-8-25/h6-7,14-17,26,31H,2-5,8-13,25H2,1H3,(H,29,30)/t14-,15-,16+/m0/s1. The van der Waals surface area contributed by atoms with Gasteiger partial charge in [0.25, 0.3) is 0 Å². The molecule has 1 aromatic rings. The van der Waals surface area contributed by atoms with E-state index in [2.05, 4.69) is 5.32 Å². The summed E-state index contributed by atoms with van der Waals surface area (Å²) in [6, 6.07) is 3.96. The van der Waals surface area contributed by atoms with Crippen LogP contribution in [0.15, 0.2) is 12.1 Å². The molecule has 1 saturated carbocycles. The van der Waals surface area contributed by atoms with Gasteiger partial charge in [-0.3, -0.25) is 4.79 Å². The number of carboxylic acids is 1. The second kappa shape index (κ2) is 10.3. The molecule has 1 amide bonds. The Morgan fingerprint density at radius 1 is 1.27 bits per heavy atom. The Morgan fingerprint density at radius 2 is 2.00 bits per heavy atom. The van der Waals surface area contributed by atoms with Gasteiger partial charge in [-0.1, -0.05) is 13.0 Å². The lowest BCUT2D eigenvalue weighted by molar-refractivity contribution is -0.141. The number of aromatic carboxylic acids is 1. The first-order valence-corrected chi connectivity index (χ1v) is 12.0. The SMILES string of the molecule is C[C@H]1CB(O)Oc2c1ccc(OC1CN(C(=O)C[C@H]3CC[C@@H](NCCN)CC3)C1)c2C(=O)O. The minimum absolute atomic E-state index is 0.0146. The van der Waals surface area contributed by atoms with Gasteiger partial charge in [-0.15, -0.1) is 0 Å². The third-order valence-corrected chi connectivity index (χ3v) is 7.09. The van der Waals surface area contributed by atoms with Crippen molar-refractivity contribution < 1.29 is 29.1 Å². The highest BCUT2D eigenvalue weighted by Gasteiger charge is 2.37. The Hall–Kier alpha value is -2.30. The average Bonchev–Trinajstić information content (AvgIpc) is 2.74. The number of fused-ring (bicyclic) bond motifs is 1. The van der Waals surface area contributed by atoms with Gasteiger partial charge in [0.05, 0.1) is 13.1 Å². The van der Waals surface area contributed by atoms with Crippen LogP contribution < -0.4 is 20.4 Å². The van der Waals surface area contributed by atoms with E-state index >= 15 is 0 Å². The second-order valence-corrected chi connectivity index (χ2v) is 9.57. The fraction of sp³-hybridized carbons (Fsp3) is 0.652. The van der Waals surface area contributed by atoms with Gasteiger partial charge in [0, 0.05) is 31.9 Å². The Bertz CT molecular complexity index is 870. The van der Waals surface area contributed by atoms with Gasteiger partial charge in [0.1, 0.15) is 23.2 Å². The molecule has 9 nitrogen and oxygen atoms in total. The molecular weight excluding hydrogens is 425 g/mol. The number of hydrogen-bond donors (Lipinski definition) is 4. The largest absolute Gasteiger partial charge is 0.535 e. The van der Waals surface area contributed by atoms with E-state index in [1.54, 1.807) is 17.0 Å². The third-order valence-electron chi connectivity index (χ3n) is 7.09. The lowest BCUT2D eigenvalue weighted by Crippen LogP contribution is -2.56. The number of ether oxygens (including phenoxy) is 1. The van der Waals surface area contributed by atoms with Crippen molar-refractivity contribution >= 4 is 19.0 Å². The van der Waals surface area contributed by atoms with Crippen LogP contribution in [-0.4, -0.2) is 72.4 Å². The maximum atomic E-state index is 12.7. The van der Waals surface area contributed by atoms with Crippen LogP contribution in [0.2, 0.25) is 6.32 Å². The van der Waals surface area contributed by atoms with E-state index in [-0.39, 0.29) is 35.0 Å². The molecule has 1 aromatic carbocycles. The maximum Gasteiger partial charge on any atom is 0.523 e. The Morgan fingerprint density at radius 3 is 2.67 bits per heavy atom.